The van der Waals surface area contributed by atoms with Crippen LogP contribution in [0.25, 0.3) is 0 Å². The molecule has 0 spiro atoms. The Morgan fingerprint density at radius 3 is 2.37 bits per heavy atom. The van der Waals surface area contributed by atoms with Gasteiger partial charge in [-0.05, 0) is 123 Å². The topological polar surface area (TPSA) is 17.1 Å². The van der Waals surface area contributed by atoms with Crippen molar-refractivity contribution in [3.8, 4) is 0 Å². The molecule has 1 heteroatoms. The zero-order valence-corrected chi connectivity index (χ0v) is 20.0. The standard InChI is InChI=1S/C29H42O/c1-18-12-14-28(4)22(16-18)8-9-23-24-10-11-26(29(24,5)15-13-25(23)28)27(30)21-7-6-19(2)20(3)17-21/h6-7,17-18,22-26H,8-16H2,1-5H3. The van der Waals surface area contributed by atoms with Crippen LogP contribution in [0.2, 0.25) is 0 Å². The molecule has 0 heterocycles. The second-order valence-electron chi connectivity index (χ2n) is 12.4. The SMILES string of the molecule is Cc1ccc(C(=O)C2CCC3C4CCC5CC(C)CCC5(C)C4CCC23C)cc1C. The molecule has 8 atom stereocenters. The van der Waals surface area contributed by atoms with E-state index in [1.165, 1.54) is 62.5 Å². The van der Waals surface area contributed by atoms with Crippen molar-refractivity contribution in [1.82, 2.24) is 0 Å². The molecule has 0 N–H and O–H groups in total. The molecular formula is C29H42O. The van der Waals surface area contributed by atoms with Gasteiger partial charge < -0.3 is 0 Å². The van der Waals surface area contributed by atoms with Crippen LogP contribution in [0.5, 0.6) is 0 Å². The summed E-state index contributed by atoms with van der Waals surface area (Å²) < 4.78 is 0. The highest BCUT2D eigenvalue weighted by molar-refractivity contribution is 5.98. The maximum Gasteiger partial charge on any atom is 0.166 e. The van der Waals surface area contributed by atoms with Gasteiger partial charge in [-0.1, -0.05) is 39.3 Å². The highest BCUT2D eigenvalue weighted by Crippen LogP contribution is 2.68. The van der Waals surface area contributed by atoms with Crippen molar-refractivity contribution in [2.75, 3.05) is 0 Å². The first-order valence-electron chi connectivity index (χ1n) is 12.9. The monoisotopic (exact) mass is 406 g/mol. The Balaban J connectivity index is 1.40. The lowest BCUT2D eigenvalue weighted by molar-refractivity contribution is -0.114. The summed E-state index contributed by atoms with van der Waals surface area (Å²) in [6, 6.07) is 6.37. The summed E-state index contributed by atoms with van der Waals surface area (Å²) in [6.07, 6.45) is 12.3. The van der Waals surface area contributed by atoms with Crippen LogP contribution in [0.4, 0.5) is 0 Å². The Morgan fingerprint density at radius 2 is 1.60 bits per heavy atom. The Hall–Kier alpha value is -1.11. The van der Waals surface area contributed by atoms with E-state index in [9.17, 15) is 4.79 Å². The number of aryl methyl sites for hydroxylation is 2. The molecule has 4 aliphatic rings. The van der Waals surface area contributed by atoms with E-state index >= 15 is 0 Å². The Kier molecular flexibility index (Phi) is 4.99. The summed E-state index contributed by atoms with van der Waals surface area (Å²) in [5.74, 6) is 5.12. The minimum atomic E-state index is 0.224. The molecule has 1 aromatic carbocycles. The van der Waals surface area contributed by atoms with Crippen LogP contribution in [0.15, 0.2) is 18.2 Å². The van der Waals surface area contributed by atoms with Crippen LogP contribution in [0.1, 0.15) is 100 Å². The van der Waals surface area contributed by atoms with Gasteiger partial charge in [0.15, 0.2) is 5.78 Å². The van der Waals surface area contributed by atoms with Crippen LogP contribution in [-0.4, -0.2) is 5.78 Å². The van der Waals surface area contributed by atoms with E-state index in [-0.39, 0.29) is 11.3 Å². The maximum absolute atomic E-state index is 13.7. The van der Waals surface area contributed by atoms with Gasteiger partial charge in [-0.25, -0.2) is 0 Å². The Bertz CT molecular complexity index is 839. The normalized spacial score (nSPS) is 45.4. The lowest BCUT2D eigenvalue weighted by Crippen LogP contribution is -2.53. The van der Waals surface area contributed by atoms with Crippen LogP contribution >= 0.6 is 0 Å². The van der Waals surface area contributed by atoms with Gasteiger partial charge in [-0.15, -0.1) is 0 Å². The molecule has 1 aromatic rings. The van der Waals surface area contributed by atoms with E-state index < -0.39 is 0 Å². The fourth-order valence-corrected chi connectivity index (χ4v) is 9.00. The highest BCUT2D eigenvalue weighted by atomic mass is 16.1. The zero-order valence-electron chi connectivity index (χ0n) is 20.0. The minimum absolute atomic E-state index is 0.224. The van der Waals surface area contributed by atoms with Gasteiger partial charge >= 0.3 is 0 Å². The van der Waals surface area contributed by atoms with Gasteiger partial charge in [0, 0.05) is 11.5 Å². The van der Waals surface area contributed by atoms with Crippen LogP contribution in [0.3, 0.4) is 0 Å². The lowest BCUT2D eigenvalue weighted by atomic mass is 9.44. The molecule has 164 valence electrons. The average molecular weight is 407 g/mol. The Morgan fingerprint density at radius 1 is 0.867 bits per heavy atom. The molecule has 30 heavy (non-hydrogen) atoms. The van der Waals surface area contributed by atoms with E-state index in [0.717, 1.165) is 41.6 Å². The van der Waals surface area contributed by atoms with E-state index in [1.807, 2.05) is 0 Å². The molecule has 0 radical (unpaired) electrons. The lowest BCUT2D eigenvalue weighted by Gasteiger charge is -2.61. The van der Waals surface area contributed by atoms with E-state index in [4.69, 9.17) is 0 Å². The Labute approximate surface area is 184 Å². The smallest absolute Gasteiger partial charge is 0.166 e. The summed E-state index contributed by atoms with van der Waals surface area (Å²) in [5, 5.41) is 0. The van der Waals surface area contributed by atoms with Gasteiger partial charge in [0.2, 0.25) is 0 Å². The molecule has 8 unspecified atom stereocenters. The first-order chi connectivity index (χ1) is 14.2. The second-order valence-corrected chi connectivity index (χ2v) is 12.4. The van der Waals surface area contributed by atoms with Crippen molar-refractivity contribution in [3.63, 3.8) is 0 Å². The highest BCUT2D eigenvalue weighted by Gasteiger charge is 2.61. The molecule has 0 saturated heterocycles. The fourth-order valence-electron chi connectivity index (χ4n) is 9.00. The zero-order chi connectivity index (χ0) is 21.3. The molecule has 0 aliphatic heterocycles. The van der Waals surface area contributed by atoms with Crippen molar-refractivity contribution in [3.05, 3.63) is 34.9 Å². The van der Waals surface area contributed by atoms with Crippen molar-refractivity contribution >= 4 is 5.78 Å². The van der Waals surface area contributed by atoms with Crippen LogP contribution in [-0.2, 0) is 0 Å². The first kappa shape index (κ1) is 20.8. The quantitative estimate of drug-likeness (QED) is 0.458. The van der Waals surface area contributed by atoms with Crippen molar-refractivity contribution in [1.29, 1.82) is 0 Å². The van der Waals surface area contributed by atoms with Crippen molar-refractivity contribution in [2.45, 2.75) is 92.4 Å². The van der Waals surface area contributed by atoms with E-state index in [2.05, 4.69) is 52.8 Å². The molecule has 4 aliphatic carbocycles. The van der Waals surface area contributed by atoms with Gasteiger partial charge in [-0.3, -0.25) is 4.79 Å². The summed E-state index contributed by atoms with van der Waals surface area (Å²) in [5.41, 5.74) is 4.30. The number of fused-ring (bicyclic) bond motifs is 5. The predicted molar refractivity (Wildman–Crippen MR) is 125 cm³/mol. The van der Waals surface area contributed by atoms with Crippen molar-refractivity contribution in [2.24, 2.45) is 46.3 Å². The number of hydrogen-bond acceptors (Lipinski definition) is 1. The molecule has 4 saturated carbocycles. The summed E-state index contributed by atoms with van der Waals surface area (Å²) >= 11 is 0. The van der Waals surface area contributed by atoms with E-state index in [1.54, 1.807) is 0 Å². The van der Waals surface area contributed by atoms with Gasteiger partial charge in [0.1, 0.15) is 0 Å². The van der Waals surface area contributed by atoms with E-state index in [0.29, 0.717) is 11.2 Å². The average Bonchev–Trinajstić information content (AvgIpc) is 3.07. The number of rotatable bonds is 2. The van der Waals surface area contributed by atoms with Crippen LogP contribution in [0, 0.1) is 60.2 Å². The van der Waals surface area contributed by atoms with Crippen LogP contribution < -0.4 is 0 Å². The number of ketones is 1. The predicted octanol–water partition coefficient (Wildman–Crippen LogP) is 7.78. The molecule has 0 aromatic heterocycles. The third-order valence-electron chi connectivity index (χ3n) is 11.0. The summed E-state index contributed by atoms with van der Waals surface area (Å²) in [4.78, 5) is 13.7. The molecule has 0 amide bonds. The number of carbonyl (C=O) groups is 1. The molecular weight excluding hydrogens is 364 g/mol. The summed E-state index contributed by atoms with van der Waals surface area (Å²) in [6.45, 7) is 11.9. The number of benzene rings is 1. The summed E-state index contributed by atoms with van der Waals surface area (Å²) in [7, 11) is 0. The second kappa shape index (κ2) is 7.21. The molecule has 0 bridgehead atoms. The van der Waals surface area contributed by atoms with Gasteiger partial charge in [0.25, 0.3) is 0 Å². The fraction of sp³-hybridized carbons (Fsp3) is 0.759. The molecule has 5 rings (SSSR count). The maximum atomic E-state index is 13.7. The minimum Gasteiger partial charge on any atom is -0.294 e. The number of carbonyl (C=O) groups excluding carboxylic acids is 1. The van der Waals surface area contributed by atoms with Gasteiger partial charge in [0.05, 0.1) is 0 Å². The third-order valence-corrected chi connectivity index (χ3v) is 11.0. The van der Waals surface area contributed by atoms with Crippen molar-refractivity contribution < 1.29 is 4.79 Å². The molecule has 4 fully saturated rings. The first-order valence-corrected chi connectivity index (χ1v) is 12.9. The number of hydrogen-bond donors (Lipinski definition) is 0. The number of Topliss-reactive ketones (excluding diaryl/α,β-unsaturated/α-hetero) is 1. The largest absolute Gasteiger partial charge is 0.294 e. The molecule has 1 nitrogen and oxygen atoms in total. The van der Waals surface area contributed by atoms with Gasteiger partial charge in [-0.2, -0.15) is 0 Å². The third kappa shape index (κ3) is 2.97.